The Morgan fingerprint density at radius 3 is 1.25 bits per heavy atom. The average molecular weight is 1140 g/mol. The van der Waals surface area contributed by atoms with Crippen LogP contribution in [0.25, 0.3) is 0 Å². The highest BCUT2D eigenvalue weighted by atomic mass is 19.4. The number of amides is 1. The Balaban J connectivity index is 0.000000199. The number of ether oxygens (including phenoxy) is 9. The Morgan fingerprint density at radius 1 is 0.481 bits per heavy atom. The molecule has 19 nitrogen and oxygen atoms in total. The van der Waals surface area contributed by atoms with E-state index in [4.69, 9.17) is 77.1 Å². The largest absolute Gasteiger partial charge is 0.480 e. The summed E-state index contributed by atoms with van der Waals surface area (Å²) < 4.78 is 141. The first kappa shape index (κ1) is 58.7. The number of fused-ring (bicyclic) bond motifs is 6. The van der Waals surface area contributed by atoms with E-state index >= 15 is 13.2 Å². The number of rotatable bonds is 10. The van der Waals surface area contributed by atoms with Crippen LogP contribution in [0.1, 0.15) is 146 Å². The standard InChI is InChI=1S/C36H54F3NO11.C18H25F3O7/c1-19-8-10-25-21(3)32(7,46-28-33(25)23(19)12-14-30(5,44-28)48-50-33)43-18-27(41)40-16-17-42-35(36(37,38)39)22(4)26-11-9-20(2)24-13-15-31(6)45-29(47-35)34(24,26)51-49-31;1-9-4-5-12-10(2)17(18(19,20)21,24-8-13(22)23)26-14-16(12)11(9)6-7-15(3,25-14)27-28-16/h19-26,28-29H,8-18H2,1-7H3,(H,40,41);9-12,14H,4-8H2,1-3H3,(H,22,23)/t19-,20-,21-,22-,23+,24+,25+,26+,28+,29+,30-,31-,32+,33-,34-,35-;9-,10-,11+,12+,14+,15-,16-,17-/m11/s1. The minimum atomic E-state index is -4.96. The summed E-state index contributed by atoms with van der Waals surface area (Å²) in [6, 6.07) is 0. The molecule has 3 saturated carbocycles. The van der Waals surface area contributed by atoms with Gasteiger partial charge in [0.1, 0.15) is 13.2 Å². The van der Waals surface area contributed by atoms with Crippen molar-refractivity contribution in [3.05, 3.63) is 0 Å². The molecule has 3 aliphatic carbocycles. The van der Waals surface area contributed by atoms with Crippen LogP contribution in [0.2, 0.25) is 0 Å². The Morgan fingerprint density at radius 2 is 0.861 bits per heavy atom. The molecule has 15 aliphatic rings. The summed E-state index contributed by atoms with van der Waals surface area (Å²) >= 11 is 0. The maximum Gasteiger partial charge on any atom is 0.443 e. The molecule has 2 N–H and O–H groups in total. The maximum absolute atomic E-state index is 15.1. The molecule has 0 unspecified atom stereocenters. The Bertz CT molecular complexity index is 2330. The van der Waals surface area contributed by atoms with E-state index in [2.05, 4.69) is 19.2 Å². The van der Waals surface area contributed by atoms with Crippen LogP contribution < -0.4 is 5.32 Å². The van der Waals surface area contributed by atoms with Crippen molar-refractivity contribution in [2.75, 3.05) is 26.4 Å². The highest BCUT2D eigenvalue weighted by Crippen LogP contribution is 2.67. The van der Waals surface area contributed by atoms with Gasteiger partial charge in [0.2, 0.25) is 23.3 Å². The summed E-state index contributed by atoms with van der Waals surface area (Å²) in [7, 11) is 0. The van der Waals surface area contributed by atoms with Crippen LogP contribution in [-0.2, 0) is 81.5 Å². The average Bonchev–Trinajstić information content (AvgIpc) is 4.03. The van der Waals surface area contributed by atoms with Crippen LogP contribution in [0.5, 0.6) is 0 Å². The van der Waals surface area contributed by atoms with E-state index in [1.807, 2.05) is 20.8 Å². The Hall–Kier alpha value is -2.08. The third kappa shape index (κ3) is 8.90. The molecule has 3 spiro atoms. The van der Waals surface area contributed by atoms with Gasteiger partial charge in [0, 0.05) is 61.3 Å². The predicted octanol–water partition coefficient (Wildman–Crippen LogP) is 9.10. The van der Waals surface area contributed by atoms with Crippen LogP contribution in [-0.4, -0.2) is 126 Å². The molecule has 450 valence electrons. The van der Waals surface area contributed by atoms with Gasteiger partial charge in [-0.05, 0) is 121 Å². The SMILES string of the molecule is C[C@@H]1CC[C@H]2[C@@H](C)[C@@](C)(OCC(=O)NCCO[C@@]3(C(F)(F)F)O[C@@H]4O[C@@]5(C)CC[C@H]6[C@H](C)CC[C@@H]([C@H]3C)[C@@]46OO5)O[C@@H]3O[C@@]4(C)CC[C@@H]1[C@]32OO4.C[C@@H]1CC[C@H]2[C@@H](C)[C@](OCC(=O)O)(C(F)(F)F)O[C@@H]3O[C@@]4(C)CC[C@@H]1[C@]32OO4. The van der Waals surface area contributed by atoms with E-state index < -0.39 is 132 Å². The van der Waals surface area contributed by atoms with Gasteiger partial charge in [-0.25, -0.2) is 34.1 Å². The minimum Gasteiger partial charge on any atom is -0.480 e. The van der Waals surface area contributed by atoms with Crippen molar-refractivity contribution in [3.8, 4) is 0 Å². The molecule has 1 amide bonds. The van der Waals surface area contributed by atoms with Crippen molar-refractivity contribution >= 4 is 11.9 Å². The summed E-state index contributed by atoms with van der Waals surface area (Å²) in [5.41, 5.74) is -3.15. The van der Waals surface area contributed by atoms with E-state index in [-0.39, 0.29) is 54.6 Å². The van der Waals surface area contributed by atoms with Crippen LogP contribution in [0, 0.1) is 71.0 Å². The van der Waals surface area contributed by atoms with Gasteiger partial charge < -0.3 is 53.1 Å². The summed E-state index contributed by atoms with van der Waals surface area (Å²) in [6.45, 7) is 16.0. The van der Waals surface area contributed by atoms with Gasteiger partial charge in [0.15, 0.2) is 41.5 Å². The molecule has 79 heavy (non-hydrogen) atoms. The monoisotopic (exact) mass is 1140 g/mol. The number of nitrogens with one attached hydrogen (secondary N) is 1. The maximum atomic E-state index is 15.1. The van der Waals surface area contributed by atoms with Gasteiger partial charge in [-0.15, -0.1) is 0 Å². The molecule has 12 saturated heterocycles. The number of alkyl halides is 6. The number of carbonyl (C=O) groups excluding carboxylic acids is 1. The normalized spacial score (nSPS) is 53.2. The second-order valence-electron chi connectivity index (χ2n) is 26.0. The highest BCUT2D eigenvalue weighted by Gasteiger charge is 2.80. The molecule has 0 aromatic heterocycles. The topological polar surface area (TPSA) is 205 Å². The second kappa shape index (κ2) is 19.7. The fraction of sp³-hybridized carbons (Fsp3) is 0.963. The van der Waals surface area contributed by atoms with Crippen molar-refractivity contribution in [1.82, 2.24) is 5.32 Å². The number of aliphatic carboxylic acids is 1. The summed E-state index contributed by atoms with van der Waals surface area (Å²) in [5.74, 6) is -15.8. The number of carboxylic acid groups (broad SMARTS) is 1. The van der Waals surface area contributed by atoms with E-state index in [0.29, 0.717) is 50.9 Å². The fourth-order valence-corrected chi connectivity index (χ4v) is 17.0. The van der Waals surface area contributed by atoms with E-state index in [0.717, 1.165) is 32.1 Å². The second-order valence-corrected chi connectivity index (χ2v) is 26.0. The molecule has 15 rings (SSSR count). The number of carboxylic acids is 1. The minimum absolute atomic E-state index is 0.00778. The lowest BCUT2D eigenvalue weighted by molar-refractivity contribution is -0.598. The Labute approximate surface area is 455 Å². The molecule has 6 bridgehead atoms. The van der Waals surface area contributed by atoms with Crippen molar-refractivity contribution in [1.29, 1.82) is 0 Å². The molecule has 12 heterocycles. The molecule has 24 atom stereocenters. The van der Waals surface area contributed by atoms with Crippen LogP contribution >= 0.6 is 0 Å². The van der Waals surface area contributed by atoms with Crippen LogP contribution in [0.3, 0.4) is 0 Å². The molecule has 12 aliphatic heterocycles. The van der Waals surface area contributed by atoms with Gasteiger partial charge in [0.05, 0.1) is 6.61 Å². The predicted molar refractivity (Wildman–Crippen MR) is 254 cm³/mol. The first-order valence-corrected chi connectivity index (χ1v) is 28.6. The molecule has 0 aromatic rings. The van der Waals surface area contributed by atoms with Crippen molar-refractivity contribution < 1.29 is 113 Å². The van der Waals surface area contributed by atoms with Gasteiger partial charge in [-0.1, -0.05) is 41.5 Å². The van der Waals surface area contributed by atoms with Gasteiger partial charge >= 0.3 is 18.3 Å². The molecule has 15 fully saturated rings. The fourth-order valence-electron chi connectivity index (χ4n) is 17.0. The number of hydrogen-bond donors (Lipinski definition) is 2. The van der Waals surface area contributed by atoms with Crippen LogP contribution in [0.4, 0.5) is 26.3 Å². The van der Waals surface area contributed by atoms with Gasteiger partial charge in [-0.3, -0.25) is 4.79 Å². The summed E-state index contributed by atoms with van der Waals surface area (Å²) in [4.78, 5) is 59.3. The van der Waals surface area contributed by atoms with E-state index in [1.54, 1.807) is 20.8 Å². The van der Waals surface area contributed by atoms with Crippen LogP contribution in [0.15, 0.2) is 0 Å². The molecule has 0 radical (unpaired) electrons. The first-order valence-electron chi connectivity index (χ1n) is 28.6. The zero-order valence-electron chi connectivity index (χ0n) is 46.6. The third-order valence-corrected chi connectivity index (χ3v) is 21.5. The van der Waals surface area contributed by atoms with E-state index in [1.165, 1.54) is 13.8 Å². The van der Waals surface area contributed by atoms with E-state index in [9.17, 15) is 22.8 Å². The number of hydrogen-bond acceptors (Lipinski definition) is 17. The zero-order chi connectivity index (χ0) is 56.9. The van der Waals surface area contributed by atoms with Crippen molar-refractivity contribution in [3.63, 3.8) is 0 Å². The van der Waals surface area contributed by atoms with Crippen molar-refractivity contribution in [2.24, 2.45) is 71.0 Å². The number of carbonyl (C=O) groups is 2. The molecule has 0 aromatic carbocycles. The lowest BCUT2D eigenvalue weighted by Gasteiger charge is -2.62. The zero-order valence-corrected chi connectivity index (χ0v) is 46.6. The van der Waals surface area contributed by atoms with Crippen molar-refractivity contribution in [2.45, 2.75) is 229 Å². The molecular formula is C54H79F6NO18. The van der Waals surface area contributed by atoms with Gasteiger partial charge in [0.25, 0.3) is 11.6 Å². The quantitative estimate of drug-likeness (QED) is 0.119. The number of halogens is 6. The Kier molecular flexibility index (Phi) is 14.7. The lowest BCUT2D eigenvalue weighted by Crippen LogP contribution is -2.76. The smallest absolute Gasteiger partial charge is 0.443 e. The summed E-state index contributed by atoms with van der Waals surface area (Å²) in [5, 5.41) is 11.6. The van der Waals surface area contributed by atoms with Gasteiger partial charge in [-0.2, -0.15) is 26.3 Å². The molecule has 25 heteroatoms. The first-order chi connectivity index (χ1) is 36.9. The highest BCUT2D eigenvalue weighted by molar-refractivity contribution is 5.77. The summed E-state index contributed by atoms with van der Waals surface area (Å²) in [6.07, 6.45) is -5.23. The third-order valence-electron chi connectivity index (χ3n) is 21.5. The lowest BCUT2D eigenvalue weighted by atomic mass is 9.57. The molecular weight excluding hydrogens is 1060 g/mol.